The molecule has 0 saturated heterocycles. The first kappa shape index (κ1) is 23.2. The molecule has 12 heteroatoms. The standard InChI is InChI=1S/C20H18F3N3O5S/c1-26(19(27)20(21,22)23)14-9-15-16(30-2)6-7-17(18(15)31-11-14)32(28,29)25-13-5-3-4-12(8-13)10-24/h3-8,14,25H,9,11H2,1-2H3. The molecule has 3 rings (SSSR count). The summed E-state index contributed by atoms with van der Waals surface area (Å²) >= 11 is 0. The number of nitriles is 1. The van der Waals surface area contributed by atoms with Crippen LogP contribution in [0.15, 0.2) is 41.3 Å². The number of amides is 1. The third kappa shape index (κ3) is 4.57. The minimum atomic E-state index is -5.05. The number of anilines is 1. The maximum Gasteiger partial charge on any atom is 0.471 e. The Labute approximate surface area is 182 Å². The molecule has 0 saturated carbocycles. The minimum absolute atomic E-state index is 0.0719. The van der Waals surface area contributed by atoms with Crippen LogP contribution >= 0.6 is 0 Å². The summed E-state index contributed by atoms with van der Waals surface area (Å²) in [5, 5.41) is 8.99. The molecule has 0 aliphatic carbocycles. The van der Waals surface area contributed by atoms with Crippen molar-refractivity contribution in [3.63, 3.8) is 0 Å². The van der Waals surface area contributed by atoms with Gasteiger partial charge < -0.3 is 14.4 Å². The molecule has 1 aliphatic rings. The highest BCUT2D eigenvalue weighted by Gasteiger charge is 2.44. The molecule has 0 spiro atoms. The van der Waals surface area contributed by atoms with Gasteiger partial charge in [-0.1, -0.05) is 6.07 Å². The van der Waals surface area contributed by atoms with E-state index in [0.717, 1.165) is 7.05 Å². The fourth-order valence-corrected chi connectivity index (χ4v) is 4.51. The number of carbonyl (C=O) groups excluding carboxylic acids is 1. The highest BCUT2D eigenvalue weighted by Crippen LogP contribution is 2.40. The first-order valence-electron chi connectivity index (χ1n) is 9.17. The number of rotatable bonds is 5. The van der Waals surface area contributed by atoms with E-state index in [4.69, 9.17) is 14.7 Å². The van der Waals surface area contributed by atoms with E-state index in [1.807, 2.05) is 6.07 Å². The predicted molar refractivity (Wildman–Crippen MR) is 107 cm³/mol. The Morgan fingerprint density at radius 2 is 2.03 bits per heavy atom. The average Bonchev–Trinajstić information content (AvgIpc) is 2.75. The van der Waals surface area contributed by atoms with E-state index in [-0.39, 0.29) is 46.2 Å². The molecule has 2 aromatic carbocycles. The quantitative estimate of drug-likeness (QED) is 0.721. The number of halogens is 3. The second-order valence-electron chi connectivity index (χ2n) is 6.95. The van der Waals surface area contributed by atoms with Crippen molar-refractivity contribution in [2.45, 2.75) is 23.5 Å². The van der Waals surface area contributed by atoms with Crippen LogP contribution in [0.3, 0.4) is 0 Å². The van der Waals surface area contributed by atoms with Gasteiger partial charge >= 0.3 is 12.1 Å². The molecule has 170 valence electrons. The summed E-state index contributed by atoms with van der Waals surface area (Å²) in [6.45, 7) is -0.342. The second-order valence-corrected chi connectivity index (χ2v) is 8.61. The average molecular weight is 469 g/mol. The molecule has 1 N–H and O–H groups in total. The molecule has 0 aromatic heterocycles. The van der Waals surface area contributed by atoms with Gasteiger partial charge in [-0.05, 0) is 30.3 Å². The number of likely N-dealkylation sites (N-methyl/N-ethyl adjacent to an activating group) is 1. The van der Waals surface area contributed by atoms with Gasteiger partial charge in [-0.25, -0.2) is 8.42 Å². The zero-order valence-electron chi connectivity index (χ0n) is 16.9. The number of nitrogens with one attached hydrogen (secondary N) is 1. The summed E-state index contributed by atoms with van der Waals surface area (Å²) in [5.74, 6) is -1.89. The fraction of sp³-hybridized carbons (Fsp3) is 0.300. The molecule has 0 fully saturated rings. The van der Waals surface area contributed by atoms with Crippen molar-refractivity contribution in [3.8, 4) is 17.6 Å². The fourth-order valence-electron chi connectivity index (χ4n) is 3.29. The van der Waals surface area contributed by atoms with Gasteiger partial charge in [0.05, 0.1) is 30.5 Å². The van der Waals surface area contributed by atoms with Gasteiger partial charge in [0.15, 0.2) is 0 Å². The molecule has 8 nitrogen and oxygen atoms in total. The summed E-state index contributed by atoms with van der Waals surface area (Å²) in [6, 6.07) is 9.36. The number of methoxy groups -OCH3 is 1. The van der Waals surface area contributed by atoms with E-state index in [1.165, 1.54) is 43.5 Å². The maximum atomic E-state index is 13.0. The number of ether oxygens (including phenoxy) is 2. The van der Waals surface area contributed by atoms with Gasteiger partial charge in [0, 0.05) is 19.0 Å². The zero-order chi connectivity index (χ0) is 23.7. The van der Waals surface area contributed by atoms with Crippen molar-refractivity contribution in [1.82, 2.24) is 4.90 Å². The van der Waals surface area contributed by atoms with Crippen molar-refractivity contribution in [3.05, 3.63) is 47.5 Å². The molecular formula is C20H18F3N3O5S. The molecule has 32 heavy (non-hydrogen) atoms. The molecule has 1 unspecified atom stereocenters. The topological polar surface area (TPSA) is 109 Å². The van der Waals surface area contributed by atoms with Crippen LogP contribution in [0.5, 0.6) is 11.5 Å². The van der Waals surface area contributed by atoms with Gasteiger partial charge in [0.1, 0.15) is 23.0 Å². The van der Waals surface area contributed by atoms with Gasteiger partial charge in [0.25, 0.3) is 10.0 Å². The maximum absolute atomic E-state index is 13.0. The number of carbonyl (C=O) groups is 1. The Hall–Kier alpha value is -3.46. The largest absolute Gasteiger partial charge is 0.496 e. The number of nitrogens with zero attached hydrogens (tertiary/aromatic N) is 2. The Morgan fingerprint density at radius 1 is 1.31 bits per heavy atom. The van der Waals surface area contributed by atoms with E-state index in [1.54, 1.807) is 0 Å². The number of benzene rings is 2. The minimum Gasteiger partial charge on any atom is -0.496 e. The van der Waals surface area contributed by atoms with Crippen LogP contribution in [0.1, 0.15) is 11.1 Å². The van der Waals surface area contributed by atoms with Gasteiger partial charge in [-0.15, -0.1) is 0 Å². The van der Waals surface area contributed by atoms with Crippen molar-refractivity contribution in [2.75, 3.05) is 25.5 Å². The Morgan fingerprint density at radius 3 is 2.66 bits per heavy atom. The molecule has 0 bridgehead atoms. The molecule has 1 heterocycles. The predicted octanol–water partition coefficient (Wildman–Crippen LogP) is 2.69. The van der Waals surface area contributed by atoms with Gasteiger partial charge in [0.2, 0.25) is 0 Å². The van der Waals surface area contributed by atoms with Crippen LogP contribution in [0, 0.1) is 11.3 Å². The van der Waals surface area contributed by atoms with Crippen LogP contribution in [-0.2, 0) is 21.2 Å². The normalized spacial score (nSPS) is 15.7. The molecule has 1 aliphatic heterocycles. The SMILES string of the molecule is COc1ccc(S(=O)(=O)Nc2cccc(C#N)c2)c2c1CC(N(C)C(=O)C(F)(F)F)CO2. The third-order valence-electron chi connectivity index (χ3n) is 4.91. The molecule has 1 atom stereocenters. The summed E-state index contributed by atoms with van der Waals surface area (Å²) in [5.41, 5.74) is 0.621. The van der Waals surface area contributed by atoms with Gasteiger partial charge in [-0.2, -0.15) is 18.4 Å². The van der Waals surface area contributed by atoms with Crippen molar-refractivity contribution in [2.24, 2.45) is 0 Å². The first-order chi connectivity index (χ1) is 15.0. The number of hydrogen-bond donors (Lipinski definition) is 1. The zero-order valence-corrected chi connectivity index (χ0v) is 17.7. The summed E-state index contributed by atoms with van der Waals surface area (Å²) in [4.78, 5) is 11.9. The Bertz CT molecular complexity index is 1190. The van der Waals surface area contributed by atoms with Crippen LogP contribution in [0.2, 0.25) is 0 Å². The summed E-state index contributed by atoms with van der Waals surface area (Å²) in [7, 11) is -1.85. The van der Waals surface area contributed by atoms with Crippen LogP contribution < -0.4 is 14.2 Å². The number of fused-ring (bicyclic) bond motifs is 1. The van der Waals surface area contributed by atoms with E-state index < -0.39 is 28.1 Å². The van der Waals surface area contributed by atoms with E-state index in [2.05, 4.69) is 4.72 Å². The van der Waals surface area contributed by atoms with Crippen LogP contribution in [0.25, 0.3) is 0 Å². The summed E-state index contributed by atoms with van der Waals surface area (Å²) in [6.07, 6.45) is -5.16. The lowest BCUT2D eigenvalue weighted by Gasteiger charge is -2.34. The second kappa shape index (κ2) is 8.58. The van der Waals surface area contributed by atoms with Crippen LogP contribution in [0.4, 0.5) is 18.9 Å². The molecule has 2 aromatic rings. The lowest BCUT2D eigenvalue weighted by atomic mass is 10.0. The Balaban J connectivity index is 1.96. The van der Waals surface area contributed by atoms with Gasteiger partial charge in [-0.3, -0.25) is 9.52 Å². The highest BCUT2D eigenvalue weighted by atomic mass is 32.2. The van der Waals surface area contributed by atoms with E-state index in [9.17, 15) is 26.4 Å². The molecule has 1 amide bonds. The van der Waals surface area contributed by atoms with Crippen LogP contribution in [-0.4, -0.2) is 52.2 Å². The third-order valence-corrected chi connectivity index (χ3v) is 6.31. The van der Waals surface area contributed by atoms with E-state index >= 15 is 0 Å². The molecule has 0 radical (unpaired) electrons. The van der Waals surface area contributed by atoms with Crippen molar-refractivity contribution in [1.29, 1.82) is 5.26 Å². The van der Waals surface area contributed by atoms with Crippen molar-refractivity contribution < 1.29 is 35.9 Å². The summed E-state index contributed by atoms with van der Waals surface area (Å²) < 4.78 is 77.6. The molecular weight excluding hydrogens is 451 g/mol. The first-order valence-corrected chi connectivity index (χ1v) is 10.7. The Kier molecular flexibility index (Phi) is 6.23. The number of alkyl halides is 3. The monoisotopic (exact) mass is 469 g/mol. The van der Waals surface area contributed by atoms with E-state index in [0.29, 0.717) is 4.90 Å². The smallest absolute Gasteiger partial charge is 0.471 e. The van der Waals surface area contributed by atoms with Crippen molar-refractivity contribution >= 4 is 21.6 Å². The lowest BCUT2D eigenvalue weighted by molar-refractivity contribution is -0.186. The number of hydrogen-bond acceptors (Lipinski definition) is 6. The number of sulfonamides is 1. The lowest BCUT2D eigenvalue weighted by Crippen LogP contribution is -2.49. The highest BCUT2D eigenvalue weighted by molar-refractivity contribution is 7.92.